The summed E-state index contributed by atoms with van der Waals surface area (Å²) >= 11 is 5.99. The van der Waals surface area contributed by atoms with E-state index in [-0.39, 0.29) is 12.2 Å². The molecule has 5 rings (SSSR count). The van der Waals surface area contributed by atoms with Crippen molar-refractivity contribution in [2.75, 3.05) is 4.90 Å². The topological polar surface area (TPSA) is 57.6 Å². The lowest BCUT2D eigenvalue weighted by Gasteiger charge is -2.23. The van der Waals surface area contributed by atoms with Crippen molar-refractivity contribution in [1.29, 1.82) is 0 Å². The van der Waals surface area contributed by atoms with Gasteiger partial charge in [0.05, 0.1) is 18.7 Å². The van der Waals surface area contributed by atoms with Crippen molar-refractivity contribution in [2.24, 2.45) is 0 Å². The third-order valence-corrected chi connectivity index (χ3v) is 6.83. The summed E-state index contributed by atoms with van der Waals surface area (Å²) in [4.78, 5) is 28.2. The van der Waals surface area contributed by atoms with Crippen LogP contribution in [0.25, 0.3) is 0 Å². The average Bonchev–Trinajstić information content (AvgIpc) is 3.02. The molecule has 3 aromatic rings. The number of para-hydroxylation sites is 1. The van der Waals surface area contributed by atoms with Crippen molar-refractivity contribution < 1.29 is 14.7 Å². The first-order valence-electron chi connectivity index (χ1n) is 11.0. The maximum absolute atomic E-state index is 13.5. The van der Waals surface area contributed by atoms with E-state index >= 15 is 0 Å². The van der Waals surface area contributed by atoms with Gasteiger partial charge in [-0.3, -0.25) is 9.59 Å². The molecule has 162 valence electrons. The first-order chi connectivity index (χ1) is 15.5. The highest BCUT2D eigenvalue weighted by atomic mass is 35.5. The number of rotatable bonds is 5. The van der Waals surface area contributed by atoms with E-state index in [0.29, 0.717) is 28.4 Å². The fourth-order valence-electron chi connectivity index (χ4n) is 4.85. The number of carbonyl (C=O) groups excluding carboxylic acids is 2. The molecule has 0 fully saturated rings. The fourth-order valence-corrected chi connectivity index (χ4v) is 4.97. The summed E-state index contributed by atoms with van der Waals surface area (Å²) in [5, 5.41) is 12.2. The maximum Gasteiger partial charge on any atom is 0.264 e. The van der Waals surface area contributed by atoms with Gasteiger partial charge in [0.1, 0.15) is 0 Å². The number of hydrogen-bond donors (Lipinski definition) is 1. The number of nitrogens with zero attached hydrogens (tertiary/aromatic N) is 1. The number of aliphatic hydroxyl groups is 1. The van der Waals surface area contributed by atoms with E-state index in [1.165, 1.54) is 17.5 Å². The lowest BCUT2D eigenvalue weighted by atomic mass is 9.85. The zero-order valence-corrected chi connectivity index (χ0v) is 18.4. The second kappa shape index (κ2) is 8.19. The number of Topliss-reactive ketones (excluding diaryl/α,β-unsaturated/α-hetero) is 1. The quantitative estimate of drug-likeness (QED) is 0.547. The molecule has 4 nitrogen and oxygen atoms in total. The highest BCUT2D eigenvalue weighted by molar-refractivity contribution is 6.30. The number of halogens is 1. The Morgan fingerprint density at radius 3 is 2.47 bits per heavy atom. The third kappa shape index (κ3) is 3.64. The number of aryl methyl sites for hydroxylation is 2. The minimum Gasteiger partial charge on any atom is -0.375 e. The van der Waals surface area contributed by atoms with Gasteiger partial charge in [0.15, 0.2) is 11.4 Å². The van der Waals surface area contributed by atoms with Crippen LogP contribution in [0.2, 0.25) is 5.02 Å². The molecule has 3 aromatic carbocycles. The summed E-state index contributed by atoms with van der Waals surface area (Å²) in [6.07, 6.45) is 4.03. The third-order valence-electron chi connectivity index (χ3n) is 6.58. The highest BCUT2D eigenvalue weighted by Gasteiger charge is 2.50. The number of anilines is 1. The zero-order chi connectivity index (χ0) is 22.3. The largest absolute Gasteiger partial charge is 0.375 e. The molecule has 0 spiro atoms. The van der Waals surface area contributed by atoms with Crippen molar-refractivity contribution in [3.05, 3.63) is 99.6 Å². The number of ketones is 1. The van der Waals surface area contributed by atoms with Gasteiger partial charge in [0.2, 0.25) is 0 Å². The predicted molar refractivity (Wildman–Crippen MR) is 125 cm³/mol. The van der Waals surface area contributed by atoms with Crippen LogP contribution < -0.4 is 4.90 Å². The van der Waals surface area contributed by atoms with Crippen LogP contribution in [0.15, 0.2) is 66.7 Å². The van der Waals surface area contributed by atoms with Gasteiger partial charge in [-0.25, -0.2) is 0 Å². The van der Waals surface area contributed by atoms with Crippen molar-refractivity contribution in [2.45, 2.75) is 44.2 Å². The molecule has 1 aliphatic carbocycles. The summed E-state index contributed by atoms with van der Waals surface area (Å²) in [7, 11) is 0. The number of fused-ring (bicyclic) bond motifs is 2. The van der Waals surface area contributed by atoms with Gasteiger partial charge >= 0.3 is 0 Å². The zero-order valence-electron chi connectivity index (χ0n) is 17.7. The van der Waals surface area contributed by atoms with Crippen LogP contribution in [0, 0.1) is 0 Å². The lowest BCUT2D eigenvalue weighted by molar-refractivity contribution is -0.136. The minimum atomic E-state index is -1.88. The molecule has 1 heterocycles. The van der Waals surface area contributed by atoms with Gasteiger partial charge in [-0.05, 0) is 66.6 Å². The molecule has 5 heteroatoms. The van der Waals surface area contributed by atoms with Gasteiger partial charge in [-0.2, -0.15) is 0 Å². The SMILES string of the molecule is O=C(C[C@@]1(O)C(=O)N(Cc2ccc(Cl)cc2)c2ccccc21)c1ccc2c(c1)CCCC2. The molecule has 0 saturated heterocycles. The van der Waals surface area contributed by atoms with Crippen LogP contribution >= 0.6 is 11.6 Å². The molecule has 1 atom stereocenters. The van der Waals surface area contributed by atoms with E-state index in [0.717, 1.165) is 24.8 Å². The van der Waals surface area contributed by atoms with E-state index < -0.39 is 11.5 Å². The predicted octanol–water partition coefficient (Wildman–Crippen LogP) is 5.23. The Labute approximate surface area is 192 Å². The van der Waals surface area contributed by atoms with E-state index in [1.54, 1.807) is 29.2 Å². The lowest BCUT2D eigenvalue weighted by Crippen LogP contribution is -2.41. The standard InChI is InChI=1S/C27H24ClNO3/c28-22-13-9-18(10-14-22)17-29-24-8-4-3-7-23(24)27(32,26(29)31)16-25(30)21-12-11-19-5-1-2-6-20(19)15-21/h3-4,7-15,32H,1-2,5-6,16-17H2/t27-/m0/s1. The molecule has 0 radical (unpaired) electrons. The van der Waals surface area contributed by atoms with Crippen molar-refractivity contribution in [3.8, 4) is 0 Å². The molecule has 0 bridgehead atoms. The Morgan fingerprint density at radius 1 is 0.969 bits per heavy atom. The van der Waals surface area contributed by atoms with Crippen LogP contribution in [-0.2, 0) is 29.8 Å². The monoisotopic (exact) mass is 445 g/mol. The summed E-state index contributed by atoms with van der Waals surface area (Å²) in [6, 6.07) is 20.2. The normalized spacial score (nSPS) is 19.6. The molecule has 0 aromatic heterocycles. The molecule has 32 heavy (non-hydrogen) atoms. The van der Waals surface area contributed by atoms with Crippen LogP contribution in [-0.4, -0.2) is 16.8 Å². The van der Waals surface area contributed by atoms with Gasteiger partial charge in [-0.15, -0.1) is 0 Å². The Morgan fingerprint density at radius 2 is 1.69 bits per heavy atom. The highest BCUT2D eigenvalue weighted by Crippen LogP contribution is 2.43. The average molecular weight is 446 g/mol. The first kappa shape index (κ1) is 20.9. The summed E-state index contributed by atoms with van der Waals surface area (Å²) in [5.74, 6) is -0.697. The first-order valence-corrected chi connectivity index (χ1v) is 11.4. The van der Waals surface area contributed by atoms with Crippen molar-refractivity contribution in [3.63, 3.8) is 0 Å². The van der Waals surface area contributed by atoms with Crippen LogP contribution in [0.3, 0.4) is 0 Å². The smallest absolute Gasteiger partial charge is 0.264 e. The Kier molecular flexibility index (Phi) is 5.36. The van der Waals surface area contributed by atoms with E-state index in [4.69, 9.17) is 11.6 Å². The number of carbonyl (C=O) groups is 2. The van der Waals surface area contributed by atoms with E-state index in [9.17, 15) is 14.7 Å². The second-order valence-corrected chi connectivity index (χ2v) is 9.12. The van der Waals surface area contributed by atoms with Gasteiger partial charge < -0.3 is 10.0 Å². The number of hydrogen-bond acceptors (Lipinski definition) is 3. The van der Waals surface area contributed by atoms with E-state index in [1.807, 2.05) is 42.5 Å². The molecular formula is C27H24ClNO3. The van der Waals surface area contributed by atoms with Gasteiger partial charge in [0.25, 0.3) is 5.91 Å². The minimum absolute atomic E-state index is 0.225. The molecule has 1 aliphatic heterocycles. The summed E-state index contributed by atoms with van der Waals surface area (Å²) in [6.45, 7) is 0.294. The van der Waals surface area contributed by atoms with E-state index in [2.05, 4.69) is 0 Å². The summed E-state index contributed by atoms with van der Waals surface area (Å²) < 4.78 is 0. The second-order valence-electron chi connectivity index (χ2n) is 8.69. The Hall–Kier alpha value is -2.95. The van der Waals surface area contributed by atoms with Crippen molar-refractivity contribution >= 4 is 29.0 Å². The van der Waals surface area contributed by atoms with Gasteiger partial charge in [0, 0.05) is 16.1 Å². The fraction of sp³-hybridized carbons (Fsp3) is 0.259. The molecule has 0 saturated carbocycles. The molecule has 2 aliphatic rings. The maximum atomic E-state index is 13.5. The molecule has 1 amide bonds. The Bertz CT molecular complexity index is 1200. The number of benzene rings is 3. The van der Waals surface area contributed by atoms with Crippen LogP contribution in [0.1, 0.15) is 51.9 Å². The van der Waals surface area contributed by atoms with Crippen molar-refractivity contribution in [1.82, 2.24) is 0 Å². The summed E-state index contributed by atoms with van der Waals surface area (Å²) in [5.41, 5.74) is 3.18. The van der Waals surface area contributed by atoms with Crippen LogP contribution in [0.4, 0.5) is 5.69 Å². The molecular weight excluding hydrogens is 422 g/mol. The Balaban J connectivity index is 1.44. The number of amides is 1. The molecule has 1 N–H and O–H groups in total. The van der Waals surface area contributed by atoms with Crippen LogP contribution in [0.5, 0.6) is 0 Å². The van der Waals surface area contributed by atoms with Gasteiger partial charge in [-0.1, -0.05) is 54.1 Å². The molecule has 0 unspecified atom stereocenters.